The van der Waals surface area contributed by atoms with Crippen LogP contribution < -0.4 is 5.32 Å². The van der Waals surface area contributed by atoms with Crippen molar-refractivity contribution in [3.05, 3.63) is 50.1 Å². The Morgan fingerprint density at radius 2 is 2.06 bits per heavy atom. The van der Waals surface area contributed by atoms with Crippen LogP contribution in [0.3, 0.4) is 0 Å². The number of nitrogens with one attached hydrogen (secondary N) is 1. The van der Waals surface area contributed by atoms with E-state index in [1.807, 2.05) is 6.92 Å². The van der Waals surface area contributed by atoms with Crippen molar-refractivity contribution in [2.45, 2.75) is 6.92 Å². The van der Waals surface area contributed by atoms with E-state index in [2.05, 4.69) is 21.2 Å². The van der Waals surface area contributed by atoms with Gasteiger partial charge in [-0.15, -0.1) is 11.3 Å². The van der Waals surface area contributed by atoms with Gasteiger partial charge in [0.15, 0.2) is 0 Å². The van der Waals surface area contributed by atoms with Gasteiger partial charge in [0.1, 0.15) is 11.6 Å². The third-order valence-electron chi connectivity index (χ3n) is 2.26. The van der Waals surface area contributed by atoms with Crippen LogP contribution >= 0.6 is 27.3 Å². The van der Waals surface area contributed by atoms with Crippen molar-refractivity contribution in [3.8, 4) is 0 Å². The van der Waals surface area contributed by atoms with E-state index < -0.39 is 17.5 Å². The fraction of sp³-hybridized carbons (Fsp3) is 0.0833. The molecule has 0 fully saturated rings. The summed E-state index contributed by atoms with van der Waals surface area (Å²) >= 11 is 4.57. The van der Waals surface area contributed by atoms with Crippen LogP contribution in [-0.4, -0.2) is 5.91 Å². The minimum atomic E-state index is -0.796. The molecule has 0 aliphatic carbocycles. The molecule has 1 N–H and O–H groups in total. The summed E-state index contributed by atoms with van der Waals surface area (Å²) in [4.78, 5) is 12.3. The number of carbonyl (C=O) groups is 1. The minimum absolute atomic E-state index is 0.0384. The maximum atomic E-state index is 13.4. The number of amides is 1. The maximum Gasteiger partial charge on any atom is 0.265 e. The van der Waals surface area contributed by atoms with Crippen molar-refractivity contribution in [3.63, 3.8) is 0 Å². The maximum absolute atomic E-state index is 13.4. The number of carbonyl (C=O) groups excluding carboxylic acids is 1. The molecule has 1 aromatic heterocycles. The Labute approximate surface area is 115 Å². The Balaban J connectivity index is 2.21. The predicted molar refractivity (Wildman–Crippen MR) is 71.1 cm³/mol. The summed E-state index contributed by atoms with van der Waals surface area (Å²) in [5.74, 6) is -1.89. The molecule has 0 bridgehead atoms. The average Bonchev–Trinajstić information content (AvgIpc) is 2.63. The summed E-state index contributed by atoms with van der Waals surface area (Å²) in [6.07, 6.45) is 0. The molecule has 0 atom stereocenters. The summed E-state index contributed by atoms with van der Waals surface area (Å²) in [5.41, 5.74) is 0.897. The number of anilines is 1. The molecule has 0 aliphatic heterocycles. The minimum Gasteiger partial charge on any atom is -0.319 e. The van der Waals surface area contributed by atoms with Gasteiger partial charge in [-0.3, -0.25) is 4.79 Å². The standard InChI is InChI=1S/C12H8BrF2NOS/c1-6-4-10(18-11(6)13)12(17)16-9-3-2-7(14)5-8(9)15/h2-5H,1H3,(H,16,17). The molecule has 2 rings (SSSR count). The Morgan fingerprint density at radius 1 is 1.33 bits per heavy atom. The van der Waals surface area contributed by atoms with Gasteiger partial charge in [0, 0.05) is 6.07 Å². The molecular weight excluding hydrogens is 324 g/mol. The first-order valence-electron chi connectivity index (χ1n) is 4.99. The summed E-state index contributed by atoms with van der Waals surface area (Å²) in [5, 5.41) is 2.40. The lowest BCUT2D eigenvalue weighted by molar-refractivity contribution is 0.103. The van der Waals surface area contributed by atoms with Gasteiger partial charge in [0.25, 0.3) is 5.91 Å². The number of hydrogen-bond donors (Lipinski definition) is 1. The number of benzene rings is 1. The Kier molecular flexibility index (Phi) is 3.77. The Bertz CT molecular complexity index is 593. The quantitative estimate of drug-likeness (QED) is 0.870. The fourth-order valence-electron chi connectivity index (χ4n) is 1.35. The molecule has 1 aromatic carbocycles. The molecule has 0 unspecified atom stereocenters. The van der Waals surface area contributed by atoms with Crippen LogP contribution in [0.15, 0.2) is 28.1 Å². The molecule has 2 aromatic rings. The lowest BCUT2D eigenvalue weighted by Crippen LogP contribution is -2.11. The second-order valence-electron chi connectivity index (χ2n) is 3.65. The van der Waals surface area contributed by atoms with Crippen LogP contribution in [0.25, 0.3) is 0 Å². The van der Waals surface area contributed by atoms with Crippen molar-refractivity contribution in [2.75, 3.05) is 5.32 Å². The highest BCUT2D eigenvalue weighted by Gasteiger charge is 2.13. The number of thiophene rings is 1. The van der Waals surface area contributed by atoms with E-state index in [1.54, 1.807) is 6.07 Å². The molecule has 1 amide bonds. The van der Waals surface area contributed by atoms with Crippen molar-refractivity contribution < 1.29 is 13.6 Å². The van der Waals surface area contributed by atoms with Crippen molar-refractivity contribution in [1.29, 1.82) is 0 Å². The largest absolute Gasteiger partial charge is 0.319 e. The number of halogens is 3. The molecule has 0 spiro atoms. The van der Waals surface area contributed by atoms with Gasteiger partial charge in [-0.05, 0) is 46.6 Å². The Hall–Kier alpha value is -1.27. The summed E-state index contributed by atoms with van der Waals surface area (Å²) < 4.78 is 26.9. The Morgan fingerprint density at radius 3 is 2.61 bits per heavy atom. The van der Waals surface area contributed by atoms with Crippen LogP contribution in [-0.2, 0) is 0 Å². The van der Waals surface area contributed by atoms with E-state index in [4.69, 9.17) is 0 Å². The van der Waals surface area contributed by atoms with Gasteiger partial charge in [-0.1, -0.05) is 0 Å². The number of rotatable bonds is 2. The van der Waals surface area contributed by atoms with Gasteiger partial charge in [0.05, 0.1) is 14.4 Å². The summed E-state index contributed by atoms with van der Waals surface area (Å²) in [6, 6.07) is 4.71. The van der Waals surface area contributed by atoms with E-state index in [0.717, 1.165) is 21.5 Å². The molecule has 18 heavy (non-hydrogen) atoms. The van der Waals surface area contributed by atoms with E-state index in [9.17, 15) is 13.6 Å². The zero-order chi connectivity index (χ0) is 13.3. The van der Waals surface area contributed by atoms with E-state index in [1.165, 1.54) is 17.4 Å². The molecule has 2 nitrogen and oxygen atoms in total. The first-order valence-corrected chi connectivity index (χ1v) is 6.60. The van der Waals surface area contributed by atoms with Crippen LogP contribution in [0.5, 0.6) is 0 Å². The van der Waals surface area contributed by atoms with Gasteiger partial charge in [-0.25, -0.2) is 8.78 Å². The lowest BCUT2D eigenvalue weighted by Gasteiger charge is -2.04. The number of hydrogen-bond acceptors (Lipinski definition) is 2. The third kappa shape index (κ3) is 2.76. The fourth-order valence-corrected chi connectivity index (χ4v) is 2.78. The van der Waals surface area contributed by atoms with Crippen molar-refractivity contribution >= 4 is 38.9 Å². The predicted octanol–water partition coefficient (Wildman–Crippen LogP) is 4.35. The highest BCUT2D eigenvalue weighted by molar-refractivity contribution is 9.11. The summed E-state index contributed by atoms with van der Waals surface area (Å²) in [6.45, 7) is 1.86. The SMILES string of the molecule is Cc1cc(C(=O)Nc2ccc(F)cc2F)sc1Br. The van der Waals surface area contributed by atoms with Crippen LogP contribution in [0.2, 0.25) is 0 Å². The smallest absolute Gasteiger partial charge is 0.265 e. The molecule has 1 heterocycles. The second-order valence-corrected chi connectivity index (χ2v) is 6.02. The van der Waals surface area contributed by atoms with Gasteiger partial charge in [0.2, 0.25) is 0 Å². The highest BCUT2D eigenvalue weighted by Crippen LogP contribution is 2.28. The van der Waals surface area contributed by atoms with E-state index in [-0.39, 0.29) is 5.69 Å². The summed E-state index contributed by atoms with van der Waals surface area (Å²) in [7, 11) is 0. The molecule has 6 heteroatoms. The molecule has 0 aliphatic rings. The lowest BCUT2D eigenvalue weighted by atomic mass is 10.3. The highest BCUT2D eigenvalue weighted by atomic mass is 79.9. The topological polar surface area (TPSA) is 29.1 Å². The monoisotopic (exact) mass is 331 g/mol. The van der Waals surface area contributed by atoms with Crippen molar-refractivity contribution in [2.24, 2.45) is 0 Å². The van der Waals surface area contributed by atoms with Crippen LogP contribution in [0.4, 0.5) is 14.5 Å². The number of aryl methyl sites for hydroxylation is 1. The van der Waals surface area contributed by atoms with E-state index >= 15 is 0 Å². The zero-order valence-corrected chi connectivity index (χ0v) is 11.7. The molecular formula is C12H8BrF2NOS. The first kappa shape index (κ1) is 13.2. The first-order chi connectivity index (χ1) is 8.47. The molecule has 94 valence electrons. The van der Waals surface area contributed by atoms with Crippen LogP contribution in [0.1, 0.15) is 15.2 Å². The third-order valence-corrected chi connectivity index (χ3v) is 4.40. The van der Waals surface area contributed by atoms with Gasteiger partial charge >= 0.3 is 0 Å². The second kappa shape index (κ2) is 5.16. The molecule has 0 saturated heterocycles. The zero-order valence-electron chi connectivity index (χ0n) is 9.26. The van der Waals surface area contributed by atoms with E-state index in [0.29, 0.717) is 4.88 Å². The average molecular weight is 332 g/mol. The van der Waals surface area contributed by atoms with Crippen molar-refractivity contribution in [1.82, 2.24) is 0 Å². The van der Waals surface area contributed by atoms with Gasteiger partial charge < -0.3 is 5.32 Å². The molecule has 0 saturated carbocycles. The molecule has 0 radical (unpaired) electrons. The van der Waals surface area contributed by atoms with Gasteiger partial charge in [-0.2, -0.15) is 0 Å². The normalized spacial score (nSPS) is 10.4. The van der Waals surface area contributed by atoms with Crippen LogP contribution in [0, 0.1) is 18.6 Å².